The third-order valence-corrected chi connectivity index (χ3v) is 5.43. The molecule has 1 aromatic carbocycles. The van der Waals surface area contributed by atoms with Crippen molar-refractivity contribution >= 4 is 5.97 Å². The number of likely N-dealkylation sites (tertiary alicyclic amines) is 1. The second kappa shape index (κ2) is 6.59. The van der Waals surface area contributed by atoms with Crippen LogP contribution < -0.4 is 5.73 Å². The summed E-state index contributed by atoms with van der Waals surface area (Å²) in [5, 5.41) is 0. The monoisotopic (exact) mass is 317 g/mol. The first kappa shape index (κ1) is 16.4. The molecule has 5 heteroatoms. The molecule has 3 unspecified atom stereocenters. The maximum atomic E-state index is 12.2. The van der Waals surface area contributed by atoms with Crippen LogP contribution in [0.5, 0.6) is 0 Å². The Morgan fingerprint density at radius 3 is 2.91 bits per heavy atom. The van der Waals surface area contributed by atoms with Crippen molar-refractivity contribution in [2.24, 2.45) is 5.73 Å². The largest absolute Gasteiger partial charge is 0.468 e. The second-order valence-electron chi connectivity index (χ2n) is 6.70. The third kappa shape index (κ3) is 2.77. The predicted octanol–water partition coefficient (Wildman–Crippen LogP) is 1.62. The number of methoxy groups -OCH3 is 1. The number of fused-ring (bicyclic) bond motifs is 1. The molecule has 2 heterocycles. The number of carbonyl (C=O) groups excluding carboxylic acids is 1. The van der Waals surface area contributed by atoms with E-state index in [0.29, 0.717) is 6.54 Å². The zero-order chi connectivity index (χ0) is 16.6. The number of nitrogens with zero attached hydrogens (tertiary/aromatic N) is 2. The van der Waals surface area contributed by atoms with Crippen LogP contribution in [0.4, 0.5) is 0 Å². The molecule has 3 rings (SSSR count). The summed E-state index contributed by atoms with van der Waals surface area (Å²) in [6.07, 6.45) is 1.93. The minimum absolute atomic E-state index is 0.111. The summed E-state index contributed by atoms with van der Waals surface area (Å²) in [6, 6.07) is 6.82. The molecule has 3 atom stereocenters. The average molecular weight is 317 g/mol. The summed E-state index contributed by atoms with van der Waals surface area (Å²) in [6.45, 7) is 4.60. The Morgan fingerprint density at radius 1 is 1.43 bits per heavy atom. The van der Waals surface area contributed by atoms with Gasteiger partial charge in [0.1, 0.15) is 6.04 Å². The van der Waals surface area contributed by atoms with E-state index in [-0.39, 0.29) is 24.1 Å². The Morgan fingerprint density at radius 2 is 2.22 bits per heavy atom. The lowest BCUT2D eigenvalue weighted by atomic mass is 9.85. The molecule has 1 aromatic rings. The van der Waals surface area contributed by atoms with Crippen molar-refractivity contribution in [2.45, 2.75) is 37.9 Å². The molecule has 0 radical (unpaired) electrons. The number of hydrogen-bond donors (Lipinski definition) is 1. The van der Waals surface area contributed by atoms with Crippen LogP contribution in [0.3, 0.4) is 0 Å². The van der Waals surface area contributed by atoms with Crippen LogP contribution in [-0.2, 0) is 9.53 Å². The Hall–Kier alpha value is -1.43. The summed E-state index contributed by atoms with van der Waals surface area (Å²) in [5.41, 5.74) is 9.99. The fraction of sp³-hybridized carbons (Fsp3) is 0.611. The fourth-order valence-electron chi connectivity index (χ4n) is 4.30. The van der Waals surface area contributed by atoms with E-state index < -0.39 is 0 Å². The lowest BCUT2D eigenvalue weighted by molar-refractivity contribution is -0.147. The maximum Gasteiger partial charge on any atom is 0.323 e. The van der Waals surface area contributed by atoms with Gasteiger partial charge in [-0.15, -0.1) is 0 Å². The van der Waals surface area contributed by atoms with Crippen molar-refractivity contribution in [3.8, 4) is 0 Å². The molecule has 0 amide bonds. The Labute approximate surface area is 138 Å². The smallest absolute Gasteiger partial charge is 0.323 e. The molecule has 126 valence electrons. The molecule has 1 saturated heterocycles. The van der Waals surface area contributed by atoms with Crippen LogP contribution in [0.1, 0.15) is 41.6 Å². The molecule has 2 aliphatic heterocycles. The molecule has 1 fully saturated rings. The standard InChI is InChI=1S/C18H27N3O2/c1-12-6-4-7-13-16(11-20(2)15(10-19)17(12)13)21-9-5-8-14(21)18(22)23-3/h4,6-7,14-16H,5,8-11,19H2,1-3H3. The summed E-state index contributed by atoms with van der Waals surface area (Å²) < 4.78 is 5.02. The molecule has 0 spiro atoms. The topological polar surface area (TPSA) is 58.8 Å². The number of aryl methyl sites for hydroxylation is 1. The molecule has 0 saturated carbocycles. The molecular weight excluding hydrogens is 290 g/mol. The van der Waals surface area contributed by atoms with Crippen molar-refractivity contribution in [1.82, 2.24) is 9.80 Å². The summed E-state index contributed by atoms with van der Waals surface area (Å²) in [7, 11) is 3.61. The number of carbonyl (C=O) groups is 1. The van der Waals surface area contributed by atoms with Gasteiger partial charge in [-0.1, -0.05) is 18.2 Å². The average Bonchev–Trinajstić information content (AvgIpc) is 3.03. The lowest BCUT2D eigenvalue weighted by Gasteiger charge is -2.44. The van der Waals surface area contributed by atoms with Gasteiger partial charge in [-0.25, -0.2) is 0 Å². The number of nitrogens with two attached hydrogens (primary N) is 1. The van der Waals surface area contributed by atoms with E-state index in [1.807, 2.05) is 0 Å². The molecule has 0 bridgehead atoms. The molecule has 2 aliphatic rings. The first-order chi connectivity index (χ1) is 11.1. The zero-order valence-corrected chi connectivity index (χ0v) is 14.3. The van der Waals surface area contributed by atoms with Gasteiger partial charge in [0.2, 0.25) is 0 Å². The van der Waals surface area contributed by atoms with Gasteiger partial charge in [0.25, 0.3) is 0 Å². The summed E-state index contributed by atoms with van der Waals surface area (Å²) >= 11 is 0. The van der Waals surface area contributed by atoms with Gasteiger partial charge in [0.05, 0.1) is 7.11 Å². The van der Waals surface area contributed by atoms with E-state index in [2.05, 4.69) is 42.0 Å². The van der Waals surface area contributed by atoms with Gasteiger partial charge in [0.15, 0.2) is 0 Å². The Kier molecular flexibility index (Phi) is 4.71. The first-order valence-corrected chi connectivity index (χ1v) is 8.41. The third-order valence-electron chi connectivity index (χ3n) is 5.43. The van der Waals surface area contributed by atoms with E-state index in [1.54, 1.807) is 0 Å². The molecule has 0 aromatic heterocycles. The van der Waals surface area contributed by atoms with E-state index >= 15 is 0 Å². The zero-order valence-electron chi connectivity index (χ0n) is 14.3. The van der Waals surface area contributed by atoms with Crippen LogP contribution in [0.25, 0.3) is 0 Å². The van der Waals surface area contributed by atoms with Crippen molar-refractivity contribution in [2.75, 3.05) is 33.8 Å². The van der Waals surface area contributed by atoms with Crippen molar-refractivity contribution in [1.29, 1.82) is 0 Å². The molecule has 5 nitrogen and oxygen atoms in total. The lowest BCUT2D eigenvalue weighted by Crippen LogP contribution is -2.48. The van der Waals surface area contributed by atoms with E-state index in [1.165, 1.54) is 23.8 Å². The van der Waals surface area contributed by atoms with Gasteiger partial charge < -0.3 is 10.5 Å². The SMILES string of the molecule is COC(=O)C1CCCN1C1CN(C)C(CN)c2c(C)cccc21. The fourth-order valence-corrected chi connectivity index (χ4v) is 4.30. The highest BCUT2D eigenvalue weighted by atomic mass is 16.5. The van der Waals surface area contributed by atoms with Crippen LogP contribution in [0, 0.1) is 6.92 Å². The highest BCUT2D eigenvalue weighted by Crippen LogP contribution is 2.40. The Balaban J connectivity index is 2.01. The van der Waals surface area contributed by atoms with Crippen LogP contribution in [0.15, 0.2) is 18.2 Å². The number of esters is 1. The number of benzene rings is 1. The molecule has 0 aliphatic carbocycles. The first-order valence-electron chi connectivity index (χ1n) is 8.41. The molecule has 23 heavy (non-hydrogen) atoms. The number of likely N-dealkylation sites (N-methyl/N-ethyl adjacent to an activating group) is 1. The normalized spacial score (nSPS) is 28.6. The number of hydrogen-bond acceptors (Lipinski definition) is 5. The maximum absolute atomic E-state index is 12.2. The second-order valence-corrected chi connectivity index (χ2v) is 6.70. The summed E-state index contributed by atoms with van der Waals surface area (Å²) in [5.74, 6) is -0.111. The highest BCUT2D eigenvalue weighted by Gasteiger charge is 2.41. The van der Waals surface area contributed by atoms with Crippen molar-refractivity contribution in [3.05, 3.63) is 34.9 Å². The van der Waals surface area contributed by atoms with Crippen LogP contribution in [0.2, 0.25) is 0 Å². The molecule has 2 N–H and O–H groups in total. The van der Waals surface area contributed by atoms with Crippen LogP contribution in [-0.4, -0.2) is 55.6 Å². The van der Waals surface area contributed by atoms with Gasteiger partial charge in [-0.05, 0) is 50.0 Å². The molecular formula is C18H27N3O2. The van der Waals surface area contributed by atoms with Crippen molar-refractivity contribution < 1.29 is 9.53 Å². The highest BCUT2D eigenvalue weighted by molar-refractivity contribution is 5.76. The van der Waals surface area contributed by atoms with Gasteiger partial charge >= 0.3 is 5.97 Å². The minimum Gasteiger partial charge on any atom is -0.468 e. The van der Waals surface area contributed by atoms with E-state index in [4.69, 9.17) is 10.5 Å². The number of rotatable bonds is 3. The Bertz CT molecular complexity index is 590. The predicted molar refractivity (Wildman–Crippen MR) is 90.1 cm³/mol. The van der Waals surface area contributed by atoms with E-state index in [0.717, 1.165) is 25.9 Å². The minimum atomic E-state index is -0.124. The summed E-state index contributed by atoms with van der Waals surface area (Å²) in [4.78, 5) is 16.8. The van der Waals surface area contributed by atoms with Gasteiger partial charge in [-0.3, -0.25) is 14.6 Å². The quantitative estimate of drug-likeness (QED) is 0.859. The van der Waals surface area contributed by atoms with Crippen LogP contribution >= 0.6 is 0 Å². The van der Waals surface area contributed by atoms with Gasteiger partial charge in [-0.2, -0.15) is 0 Å². The number of ether oxygens (including phenoxy) is 1. The van der Waals surface area contributed by atoms with Crippen molar-refractivity contribution in [3.63, 3.8) is 0 Å². The van der Waals surface area contributed by atoms with E-state index in [9.17, 15) is 4.79 Å². The van der Waals surface area contributed by atoms with Gasteiger partial charge in [0, 0.05) is 25.2 Å².